The van der Waals surface area contributed by atoms with Gasteiger partial charge in [0.25, 0.3) is 0 Å². The number of nitrogens with zero attached hydrogens (tertiary/aromatic N) is 3. The number of likely N-dealkylation sites (tertiary alicyclic amines) is 2. The summed E-state index contributed by atoms with van der Waals surface area (Å²) in [5.74, 6) is 0.617. The van der Waals surface area contributed by atoms with Crippen LogP contribution in [0.5, 0.6) is 0 Å². The molecule has 8 nitrogen and oxygen atoms in total. The summed E-state index contributed by atoms with van der Waals surface area (Å²) in [6, 6.07) is 1.97. The predicted molar refractivity (Wildman–Crippen MR) is 114 cm³/mol. The van der Waals surface area contributed by atoms with Gasteiger partial charge in [0.15, 0.2) is 0 Å². The Kier molecular flexibility index (Phi) is 6.62. The van der Waals surface area contributed by atoms with E-state index >= 15 is 0 Å². The van der Waals surface area contributed by atoms with E-state index in [0.29, 0.717) is 44.0 Å². The van der Waals surface area contributed by atoms with Crippen molar-refractivity contribution in [1.82, 2.24) is 15.0 Å². The summed E-state index contributed by atoms with van der Waals surface area (Å²) in [7, 11) is 0. The molecule has 8 heteroatoms. The van der Waals surface area contributed by atoms with Crippen LogP contribution in [0.4, 0.5) is 0 Å². The fourth-order valence-corrected chi connectivity index (χ4v) is 5.32. The van der Waals surface area contributed by atoms with Crippen molar-refractivity contribution >= 4 is 17.7 Å². The van der Waals surface area contributed by atoms with Gasteiger partial charge in [0.05, 0.1) is 17.7 Å². The first-order valence-corrected chi connectivity index (χ1v) is 11.8. The Labute approximate surface area is 183 Å². The van der Waals surface area contributed by atoms with E-state index < -0.39 is 11.3 Å². The van der Waals surface area contributed by atoms with Crippen molar-refractivity contribution in [3.8, 4) is 0 Å². The molecule has 3 heterocycles. The summed E-state index contributed by atoms with van der Waals surface area (Å²) in [5, 5.41) is 4.27. The van der Waals surface area contributed by atoms with Gasteiger partial charge in [-0.25, -0.2) is 0 Å². The second-order valence-electron chi connectivity index (χ2n) is 9.57. The lowest BCUT2D eigenvalue weighted by molar-refractivity contribution is -0.140. The zero-order valence-electron chi connectivity index (χ0n) is 18.3. The number of amides is 3. The standard InChI is InChI=1S/C23H34N4O4/c24-22(30)23(14-18-13-19(25-31-18)17-7-3-1-4-8-17)10-12-27(16-23)21(29)15-26-11-6-2-5-9-20(26)28/h13,17H,1-12,14-16H2,(H2,24,30)/t23-/m1/s1. The molecule has 4 rings (SSSR count). The van der Waals surface area contributed by atoms with Crippen molar-refractivity contribution < 1.29 is 18.9 Å². The Morgan fingerprint density at radius 3 is 2.68 bits per heavy atom. The fraction of sp³-hybridized carbons (Fsp3) is 0.739. The minimum Gasteiger partial charge on any atom is -0.369 e. The summed E-state index contributed by atoms with van der Waals surface area (Å²) in [5.41, 5.74) is 5.94. The second kappa shape index (κ2) is 9.40. The first-order chi connectivity index (χ1) is 15.0. The van der Waals surface area contributed by atoms with Gasteiger partial charge in [-0.2, -0.15) is 0 Å². The smallest absolute Gasteiger partial charge is 0.242 e. The molecule has 3 fully saturated rings. The molecule has 1 aromatic heterocycles. The number of primary amides is 1. The van der Waals surface area contributed by atoms with Crippen LogP contribution in [0.15, 0.2) is 10.6 Å². The van der Waals surface area contributed by atoms with Gasteiger partial charge in [0.2, 0.25) is 17.7 Å². The van der Waals surface area contributed by atoms with Crippen LogP contribution in [0.1, 0.15) is 81.6 Å². The van der Waals surface area contributed by atoms with Gasteiger partial charge in [-0.15, -0.1) is 0 Å². The van der Waals surface area contributed by atoms with Crippen LogP contribution in [0.2, 0.25) is 0 Å². The minimum atomic E-state index is -0.845. The normalized spacial score (nSPS) is 25.6. The first-order valence-electron chi connectivity index (χ1n) is 11.8. The molecule has 0 spiro atoms. The second-order valence-corrected chi connectivity index (χ2v) is 9.57. The Morgan fingerprint density at radius 2 is 1.90 bits per heavy atom. The van der Waals surface area contributed by atoms with Crippen LogP contribution in [0.3, 0.4) is 0 Å². The molecule has 170 valence electrons. The zero-order valence-corrected chi connectivity index (χ0v) is 18.3. The van der Waals surface area contributed by atoms with Crippen molar-refractivity contribution in [2.75, 3.05) is 26.2 Å². The number of rotatable bonds is 6. The van der Waals surface area contributed by atoms with Gasteiger partial charge in [0, 0.05) is 44.5 Å². The van der Waals surface area contributed by atoms with Crippen molar-refractivity contribution in [1.29, 1.82) is 0 Å². The van der Waals surface area contributed by atoms with Gasteiger partial charge >= 0.3 is 0 Å². The molecule has 1 aromatic rings. The molecule has 1 saturated carbocycles. The van der Waals surface area contributed by atoms with E-state index in [4.69, 9.17) is 10.3 Å². The van der Waals surface area contributed by atoms with Gasteiger partial charge in [-0.05, 0) is 32.1 Å². The molecule has 3 aliphatic rings. The molecule has 2 N–H and O–H groups in total. The van der Waals surface area contributed by atoms with E-state index in [1.165, 1.54) is 19.3 Å². The molecule has 2 aliphatic heterocycles. The van der Waals surface area contributed by atoms with E-state index in [1.807, 2.05) is 6.07 Å². The summed E-state index contributed by atoms with van der Waals surface area (Å²) in [4.78, 5) is 40.9. The quantitative estimate of drug-likeness (QED) is 0.745. The van der Waals surface area contributed by atoms with Crippen LogP contribution < -0.4 is 5.73 Å². The molecule has 0 bridgehead atoms. The van der Waals surface area contributed by atoms with E-state index in [0.717, 1.165) is 37.8 Å². The lowest BCUT2D eigenvalue weighted by Crippen LogP contribution is -2.45. The lowest BCUT2D eigenvalue weighted by Gasteiger charge is -2.27. The Morgan fingerprint density at radius 1 is 1.13 bits per heavy atom. The van der Waals surface area contributed by atoms with E-state index in [-0.39, 0.29) is 24.9 Å². The van der Waals surface area contributed by atoms with E-state index in [1.54, 1.807) is 9.80 Å². The first kappa shape index (κ1) is 21.8. The average molecular weight is 431 g/mol. The molecule has 0 radical (unpaired) electrons. The van der Waals surface area contributed by atoms with Crippen LogP contribution in [0, 0.1) is 5.41 Å². The molecule has 2 saturated heterocycles. The Balaban J connectivity index is 1.39. The minimum absolute atomic E-state index is 0.0445. The molecular formula is C23H34N4O4. The highest BCUT2D eigenvalue weighted by molar-refractivity contribution is 5.87. The third kappa shape index (κ3) is 4.93. The number of aromatic nitrogens is 1. The van der Waals surface area contributed by atoms with Gasteiger partial charge < -0.3 is 20.1 Å². The Bertz CT molecular complexity index is 816. The lowest BCUT2D eigenvalue weighted by atomic mass is 9.81. The molecule has 0 unspecified atom stereocenters. The van der Waals surface area contributed by atoms with E-state index in [2.05, 4.69) is 5.16 Å². The number of hydrogen-bond donors (Lipinski definition) is 1. The maximum atomic E-state index is 12.9. The highest BCUT2D eigenvalue weighted by Gasteiger charge is 2.46. The number of hydrogen-bond acceptors (Lipinski definition) is 5. The van der Waals surface area contributed by atoms with Crippen molar-refractivity contribution in [3.05, 3.63) is 17.5 Å². The topological polar surface area (TPSA) is 110 Å². The molecular weight excluding hydrogens is 396 g/mol. The Hall–Kier alpha value is -2.38. The molecule has 3 amide bonds. The van der Waals surface area contributed by atoms with Gasteiger partial charge in [0.1, 0.15) is 5.76 Å². The molecule has 1 atom stereocenters. The third-order valence-corrected chi connectivity index (χ3v) is 7.34. The molecule has 31 heavy (non-hydrogen) atoms. The average Bonchev–Trinajstić information content (AvgIpc) is 3.36. The third-order valence-electron chi connectivity index (χ3n) is 7.34. The van der Waals surface area contributed by atoms with E-state index in [9.17, 15) is 14.4 Å². The van der Waals surface area contributed by atoms with Crippen molar-refractivity contribution in [3.63, 3.8) is 0 Å². The maximum Gasteiger partial charge on any atom is 0.242 e. The van der Waals surface area contributed by atoms with Crippen LogP contribution in [-0.4, -0.2) is 58.9 Å². The van der Waals surface area contributed by atoms with Gasteiger partial charge in [-0.1, -0.05) is 30.8 Å². The molecule has 1 aliphatic carbocycles. The van der Waals surface area contributed by atoms with Crippen molar-refractivity contribution in [2.45, 2.75) is 76.5 Å². The SMILES string of the molecule is NC(=O)[C@@]1(Cc2cc(C3CCCCC3)no2)CCN(C(=O)CN2CCCCCC2=O)C1. The van der Waals surface area contributed by atoms with Crippen LogP contribution in [0.25, 0.3) is 0 Å². The van der Waals surface area contributed by atoms with Gasteiger partial charge in [-0.3, -0.25) is 14.4 Å². The maximum absolute atomic E-state index is 12.9. The highest BCUT2D eigenvalue weighted by Crippen LogP contribution is 2.37. The van der Waals surface area contributed by atoms with Crippen molar-refractivity contribution in [2.24, 2.45) is 11.1 Å². The zero-order chi connectivity index (χ0) is 21.8. The fourth-order valence-electron chi connectivity index (χ4n) is 5.32. The monoisotopic (exact) mass is 430 g/mol. The van der Waals surface area contributed by atoms with Crippen LogP contribution in [-0.2, 0) is 20.8 Å². The summed E-state index contributed by atoms with van der Waals surface area (Å²) < 4.78 is 5.59. The largest absolute Gasteiger partial charge is 0.369 e. The summed E-state index contributed by atoms with van der Waals surface area (Å²) >= 11 is 0. The molecule has 0 aromatic carbocycles. The summed E-state index contributed by atoms with van der Waals surface area (Å²) in [6.45, 7) is 1.44. The predicted octanol–water partition coefficient (Wildman–Crippen LogP) is 2.37. The summed E-state index contributed by atoms with van der Waals surface area (Å²) in [6.07, 6.45) is 10.2. The number of carbonyl (C=O) groups excluding carboxylic acids is 3. The number of carbonyl (C=O) groups is 3. The number of nitrogens with two attached hydrogens (primary N) is 1. The van der Waals surface area contributed by atoms with Crippen LogP contribution >= 0.6 is 0 Å². The highest BCUT2D eigenvalue weighted by atomic mass is 16.5.